The zero-order valence-electron chi connectivity index (χ0n) is 13.4. The third kappa shape index (κ3) is 3.93. The Hall–Kier alpha value is -2.71. The number of nitrogens with zero attached hydrogens (tertiary/aromatic N) is 5. The lowest BCUT2D eigenvalue weighted by atomic mass is 10.1. The molecule has 9 nitrogen and oxygen atoms in total. The van der Waals surface area contributed by atoms with Crippen molar-refractivity contribution in [1.82, 2.24) is 24.9 Å². The zero-order chi connectivity index (χ0) is 17.0. The molecule has 1 amide bonds. The first-order valence-electron chi connectivity index (χ1n) is 7.41. The molecule has 1 unspecified atom stereocenters. The normalized spacial score (nSPS) is 12.1. The minimum absolute atomic E-state index is 0.140. The van der Waals surface area contributed by atoms with Gasteiger partial charge in [-0.1, -0.05) is 0 Å². The highest BCUT2D eigenvalue weighted by atomic mass is 16.6. The third-order valence-electron chi connectivity index (χ3n) is 3.67. The summed E-state index contributed by atoms with van der Waals surface area (Å²) in [6.45, 7) is 6.96. The van der Waals surface area contributed by atoms with E-state index in [0.29, 0.717) is 6.54 Å². The van der Waals surface area contributed by atoms with Gasteiger partial charge in [0.2, 0.25) is 5.91 Å². The van der Waals surface area contributed by atoms with E-state index in [9.17, 15) is 14.9 Å². The number of amides is 1. The Kier molecular flexibility index (Phi) is 5.09. The topological polar surface area (TPSA) is 108 Å². The largest absolute Gasteiger partial charge is 0.389 e. The highest BCUT2D eigenvalue weighted by Gasteiger charge is 2.16. The van der Waals surface area contributed by atoms with E-state index in [0.717, 1.165) is 17.8 Å². The average Bonchev–Trinajstić information content (AvgIpc) is 3.11. The number of nitro groups is 1. The van der Waals surface area contributed by atoms with Crippen LogP contribution in [0.5, 0.6) is 0 Å². The smallest absolute Gasteiger partial charge is 0.358 e. The Labute approximate surface area is 133 Å². The molecule has 2 aromatic heterocycles. The molecule has 0 saturated heterocycles. The molecule has 124 valence electrons. The SMILES string of the molecule is CCn1ncc(C(C)NC(=O)CCn2ccc([N+](=O)[O-])n2)c1C. The molecular formula is C14H20N6O3. The van der Waals surface area contributed by atoms with Crippen molar-refractivity contribution < 1.29 is 9.72 Å². The molecule has 23 heavy (non-hydrogen) atoms. The maximum Gasteiger partial charge on any atom is 0.389 e. The van der Waals surface area contributed by atoms with Crippen molar-refractivity contribution in [3.63, 3.8) is 0 Å². The number of rotatable bonds is 7. The van der Waals surface area contributed by atoms with Crippen LogP contribution in [-0.2, 0) is 17.9 Å². The van der Waals surface area contributed by atoms with Crippen LogP contribution in [0, 0.1) is 17.0 Å². The Morgan fingerprint density at radius 1 is 1.52 bits per heavy atom. The molecule has 1 N–H and O–H groups in total. The molecule has 0 aromatic carbocycles. The first kappa shape index (κ1) is 16.7. The second kappa shape index (κ2) is 7.03. The molecule has 9 heteroatoms. The van der Waals surface area contributed by atoms with Crippen LogP contribution in [0.3, 0.4) is 0 Å². The first-order chi connectivity index (χ1) is 10.9. The number of carbonyl (C=O) groups excluding carboxylic acids is 1. The first-order valence-corrected chi connectivity index (χ1v) is 7.41. The van der Waals surface area contributed by atoms with Crippen LogP contribution in [0.15, 0.2) is 18.5 Å². The van der Waals surface area contributed by atoms with Crippen LogP contribution >= 0.6 is 0 Å². The number of aryl methyl sites for hydroxylation is 2. The van der Waals surface area contributed by atoms with Crippen LogP contribution in [0.4, 0.5) is 5.82 Å². The van der Waals surface area contributed by atoms with Crippen LogP contribution in [0.2, 0.25) is 0 Å². The maximum absolute atomic E-state index is 12.0. The Morgan fingerprint density at radius 3 is 2.83 bits per heavy atom. The fourth-order valence-corrected chi connectivity index (χ4v) is 2.39. The van der Waals surface area contributed by atoms with Crippen molar-refractivity contribution in [3.05, 3.63) is 39.8 Å². The highest BCUT2D eigenvalue weighted by molar-refractivity contribution is 5.76. The van der Waals surface area contributed by atoms with Crippen LogP contribution in [0.1, 0.15) is 37.6 Å². The van der Waals surface area contributed by atoms with Gasteiger partial charge in [-0.2, -0.15) is 9.78 Å². The minimum Gasteiger partial charge on any atom is -0.358 e. The predicted octanol–water partition coefficient (Wildman–Crippen LogP) is 1.58. The second-order valence-electron chi connectivity index (χ2n) is 5.23. The third-order valence-corrected chi connectivity index (χ3v) is 3.67. The van der Waals surface area contributed by atoms with Crippen molar-refractivity contribution in [3.8, 4) is 0 Å². The zero-order valence-corrected chi connectivity index (χ0v) is 13.4. The summed E-state index contributed by atoms with van der Waals surface area (Å²) in [7, 11) is 0. The van der Waals surface area contributed by atoms with Gasteiger partial charge >= 0.3 is 5.82 Å². The quantitative estimate of drug-likeness (QED) is 0.615. The van der Waals surface area contributed by atoms with Crippen molar-refractivity contribution in [2.24, 2.45) is 0 Å². The lowest BCUT2D eigenvalue weighted by molar-refractivity contribution is -0.389. The summed E-state index contributed by atoms with van der Waals surface area (Å²) in [6, 6.07) is 1.16. The Bertz CT molecular complexity index is 705. The van der Waals surface area contributed by atoms with E-state index < -0.39 is 4.92 Å². The molecule has 0 bridgehead atoms. The summed E-state index contributed by atoms with van der Waals surface area (Å²) in [6.07, 6.45) is 3.45. The molecule has 0 saturated carbocycles. The van der Waals surface area contributed by atoms with Gasteiger partial charge in [0, 0.05) is 24.2 Å². The van der Waals surface area contributed by atoms with E-state index in [1.807, 2.05) is 25.5 Å². The fourth-order valence-electron chi connectivity index (χ4n) is 2.39. The summed E-state index contributed by atoms with van der Waals surface area (Å²) in [5.74, 6) is -0.360. The summed E-state index contributed by atoms with van der Waals surface area (Å²) in [5, 5.41) is 21.5. The van der Waals surface area contributed by atoms with E-state index in [-0.39, 0.29) is 24.2 Å². The molecule has 0 aliphatic heterocycles. The van der Waals surface area contributed by atoms with Crippen LogP contribution in [-0.4, -0.2) is 30.4 Å². The van der Waals surface area contributed by atoms with E-state index in [1.54, 1.807) is 6.20 Å². The molecule has 2 rings (SSSR count). The van der Waals surface area contributed by atoms with Gasteiger partial charge in [-0.3, -0.25) is 9.48 Å². The van der Waals surface area contributed by atoms with Gasteiger partial charge in [0.15, 0.2) is 0 Å². The molecule has 0 aliphatic carbocycles. The number of carbonyl (C=O) groups is 1. The molecule has 1 atom stereocenters. The van der Waals surface area contributed by atoms with Gasteiger partial charge in [-0.15, -0.1) is 0 Å². The van der Waals surface area contributed by atoms with Crippen molar-refractivity contribution in [1.29, 1.82) is 0 Å². The summed E-state index contributed by atoms with van der Waals surface area (Å²) < 4.78 is 3.27. The molecule has 0 fully saturated rings. The molecule has 0 radical (unpaired) electrons. The minimum atomic E-state index is -0.563. The van der Waals surface area contributed by atoms with Gasteiger partial charge in [0.25, 0.3) is 0 Å². The van der Waals surface area contributed by atoms with Gasteiger partial charge in [0.1, 0.15) is 0 Å². The van der Waals surface area contributed by atoms with Crippen LogP contribution in [0.25, 0.3) is 0 Å². The summed E-state index contributed by atoms with van der Waals surface area (Å²) in [5.41, 5.74) is 2.01. The van der Waals surface area contributed by atoms with Crippen LogP contribution < -0.4 is 5.32 Å². The molecule has 2 aromatic rings. The van der Waals surface area contributed by atoms with Gasteiger partial charge in [-0.25, -0.2) is 0 Å². The Morgan fingerprint density at radius 2 is 2.26 bits per heavy atom. The van der Waals surface area contributed by atoms with Gasteiger partial charge in [0.05, 0.1) is 36.1 Å². The summed E-state index contributed by atoms with van der Waals surface area (Å²) >= 11 is 0. The van der Waals surface area contributed by atoms with Crippen molar-refractivity contribution in [2.75, 3.05) is 0 Å². The lowest BCUT2D eigenvalue weighted by Gasteiger charge is -2.13. The number of hydrogen-bond donors (Lipinski definition) is 1. The van der Waals surface area contributed by atoms with E-state index >= 15 is 0 Å². The lowest BCUT2D eigenvalue weighted by Crippen LogP contribution is -2.27. The number of hydrogen-bond acceptors (Lipinski definition) is 5. The number of nitrogens with one attached hydrogen (secondary N) is 1. The second-order valence-corrected chi connectivity index (χ2v) is 5.23. The van der Waals surface area contributed by atoms with E-state index in [2.05, 4.69) is 15.5 Å². The molecule has 0 spiro atoms. The molecular weight excluding hydrogens is 300 g/mol. The summed E-state index contributed by atoms with van der Waals surface area (Å²) in [4.78, 5) is 22.0. The van der Waals surface area contributed by atoms with Gasteiger partial charge in [-0.05, 0) is 25.7 Å². The standard InChI is InChI=1S/C14H20N6O3/c1-4-19-11(3)12(9-15-19)10(2)16-14(21)6-8-18-7-5-13(17-18)20(22)23/h5,7,9-10H,4,6,8H2,1-3H3,(H,16,21). The fraction of sp³-hybridized carbons (Fsp3) is 0.500. The van der Waals surface area contributed by atoms with E-state index in [1.165, 1.54) is 16.9 Å². The van der Waals surface area contributed by atoms with Crippen molar-refractivity contribution in [2.45, 2.75) is 46.3 Å². The maximum atomic E-state index is 12.0. The predicted molar refractivity (Wildman–Crippen MR) is 82.7 cm³/mol. The monoisotopic (exact) mass is 320 g/mol. The van der Waals surface area contributed by atoms with E-state index in [4.69, 9.17) is 0 Å². The Balaban J connectivity index is 1.88. The number of aromatic nitrogens is 4. The molecule has 2 heterocycles. The van der Waals surface area contributed by atoms with Gasteiger partial charge < -0.3 is 15.4 Å². The van der Waals surface area contributed by atoms with Crippen molar-refractivity contribution >= 4 is 11.7 Å². The molecule has 0 aliphatic rings. The average molecular weight is 320 g/mol. The highest BCUT2D eigenvalue weighted by Crippen LogP contribution is 2.16.